The Morgan fingerprint density at radius 2 is 1.77 bits per heavy atom. The quantitative estimate of drug-likeness (QED) is 0.515. The van der Waals surface area contributed by atoms with Crippen LogP contribution in [0.25, 0.3) is 0 Å². The van der Waals surface area contributed by atoms with E-state index in [4.69, 9.17) is 25.1 Å². The third-order valence-electron chi connectivity index (χ3n) is 4.51. The van der Waals surface area contributed by atoms with E-state index in [1.54, 1.807) is 0 Å². The van der Waals surface area contributed by atoms with Crippen LogP contribution in [0.5, 0.6) is 5.75 Å². The van der Waals surface area contributed by atoms with Crippen LogP contribution in [0.1, 0.15) is 24.8 Å². The van der Waals surface area contributed by atoms with Gasteiger partial charge in [-0.3, -0.25) is 0 Å². The van der Waals surface area contributed by atoms with E-state index in [1.165, 1.54) is 31.4 Å². The lowest BCUT2D eigenvalue weighted by atomic mass is 10.1. The number of benzene rings is 1. The second kappa shape index (κ2) is 13.1. The summed E-state index contributed by atoms with van der Waals surface area (Å²) < 4.78 is 16.2. The van der Waals surface area contributed by atoms with E-state index in [2.05, 4.69) is 17.0 Å². The molecule has 148 valence electrons. The summed E-state index contributed by atoms with van der Waals surface area (Å²) in [5.41, 5.74) is 7.37. The molecule has 0 aliphatic carbocycles. The molecule has 0 spiro atoms. The van der Waals surface area contributed by atoms with Crippen LogP contribution in [0.2, 0.25) is 0 Å². The molecule has 0 amide bonds. The van der Waals surface area contributed by atoms with Gasteiger partial charge >= 0.3 is 0 Å². The van der Waals surface area contributed by atoms with Crippen LogP contribution in [-0.4, -0.2) is 75.3 Å². The number of hydrogen-bond acceptors (Lipinski definition) is 6. The van der Waals surface area contributed by atoms with Gasteiger partial charge < -0.3 is 30.0 Å². The average molecular weight is 367 g/mol. The smallest absolute Gasteiger partial charge is 0.119 e. The maximum absolute atomic E-state index is 8.58. The zero-order chi connectivity index (χ0) is 18.5. The highest BCUT2D eigenvalue weighted by molar-refractivity contribution is 5.27. The first-order valence-corrected chi connectivity index (χ1v) is 9.74. The summed E-state index contributed by atoms with van der Waals surface area (Å²) in [4.78, 5) is 2.49. The molecule has 1 aromatic rings. The van der Waals surface area contributed by atoms with E-state index in [9.17, 15) is 0 Å². The second-order valence-corrected chi connectivity index (χ2v) is 6.75. The first-order chi connectivity index (χ1) is 12.8. The predicted octanol–water partition coefficient (Wildman–Crippen LogP) is 1.45. The largest absolute Gasteiger partial charge is 0.491 e. The van der Waals surface area contributed by atoms with E-state index < -0.39 is 0 Å². The zero-order valence-electron chi connectivity index (χ0n) is 15.8. The number of piperidine rings is 1. The van der Waals surface area contributed by atoms with Crippen LogP contribution >= 0.6 is 0 Å². The van der Waals surface area contributed by atoms with Crippen molar-refractivity contribution in [3.05, 3.63) is 29.8 Å². The molecule has 2 rings (SSSR count). The first-order valence-electron chi connectivity index (χ1n) is 9.74. The van der Waals surface area contributed by atoms with E-state index >= 15 is 0 Å². The number of likely N-dealkylation sites (tertiary alicyclic amines) is 1. The van der Waals surface area contributed by atoms with Gasteiger partial charge in [0, 0.05) is 12.6 Å². The minimum atomic E-state index is 0.0472. The average Bonchev–Trinajstić information content (AvgIpc) is 2.65. The van der Waals surface area contributed by atoms with Crippen LogP contribution in [0.3, 0.4) is 0 Å². The molecule has 6 heteroatoms. The van der Waals surface area contributed by atoms with E-state index in [0.29, 0.717) is 39.1 Å². The van der Waals surface area contributed by atoms with E-state index in [1.807, 2.05) is 12.1 Å². The summed E-state index contributed by atoms with van der Waals surface area (Å²) in [5, 5.41) is 8.58. The summed E-state index contributed by atoms with van der Waals surface area (Å²) in [7, 11) is 0. The van der Waals surface area contributed by atoms with Crippen molar-refractivity contribution >= 4 is 0 Å². The highest BCUT2D eigenvalue weighted by Crippen LogP contribution is 2.14. The van der Waals surface area contributed by atoms with Gasteiger partial charge in [0.05, 0.1) is 33.0 Å². The van der Waals surface area contributed by atoms with Gasteiger partial charge in [-0.25, -0.2) is 0 Å². The number of nitrogens with two attached hydrogens (primary N) is 1. The molecule has 1 fully saturated rings. The van der Waals surface area contributed by atoms with Gasteiger partial charge in [0.15, 0.2) is 0 Å². The Kier molecular flexibility index (Phi) is 10.6. The molecule has 1 unspecified atom stereocenters. The Balaban J connectivity index is 1.52. The standard InChI is InChI=1S/C20H34N2O4/c21-19-4-2-10-22(17-19)9-1-3-18-5-7-20(8-6-18)26-16-15-25-14-13-24-12-11-23/h5-8,19,23H,1-4,9-17,21H2. The van der Waals surface area contributed by atoms with Crippen molar-refractivity contribution in [3.63, 3.8) is 0 Å². The van der Waals surface area contributed by atoms with Gasteiger partial charge in [-0.15, -0.1) is 0 Å². The van der Waals surface area contributed by atoms with Crippen molar-refractivity contribution in [1.82, 2.24) is 4.90 Å². The third kappa shape index (κ3) is 8.96. The van der Waals surface area contributed by atoms with Gasteiger partial charge in [-0.05, 0) is 56.5 Å². The van der Waals surface area contributed by atoms with Crippen molar-refractivity contribution < 1.29 is 19.3 Å². The summed E-state index contributed by atoms with van der Waals surface area (Å²) in [6.45, 7) is 5.84. The van der Waals surface area contributed by atoms with Gasteiger partial charge in [-0.1, -0.05) is 12.1 Å². The molecule has 26 heavy (non-hydrogen) atoms. The van der Waals surface area contributed by atoms with Crippen LogP contribution in [0.4, 0.5) is 0 Å². The molecular formula is C20H34N2O4. The lowest BCUT2D eigenvalue weighted by molar-refractivity contribution is 0.0247. The molecule has 1 aliphatic heterocycles. The highest BCUT2D eigenvalue weighted by Gasteiger charge is 2.15. The molecule has 1 saturated heterocycles. The third-order valence-corrected chi connectivity index (χ3v) is 4.51. The number of rotatable bonds is 13. The van der Waals surface area contributed by atoms with Gasteiger partial charge in [0.25, 0.3) is 0 Å². The molecule has 1 aromatic carbocycles. The second-order valence-electron chi connectivity index (χ2n) is 6.75. The Hall–Kier alpha value is -1.18. The number of aryl methyl sites for hydroxylation is 1. The predicted molar refractivity (Wildman–Crippen MR) is 103 cm³/mol. The van der Waals surface area contributed by atoms with Crippen molar-refractivity contribution in [1.29, 1.82) is 0 Å². The highest BCUT2D eigenvalue weighted by atomic mass is 16.5. The van der Waals surface area contributed by atoms with Crippen molar-refractivity contribution in [2.24, 2.45) is 5.73 Å². The van der Waals surface area contributed by atoms with Gasteiger partial charge in [0.1, 0.15) is 12.4 Å². The van der Waals surface area contributed by atoms with Gasteiger partial charge in [0.2, 0.25) is 0 Å². The Bertz CT molecular complexity index is 469. The number of hydrogen-bond donors (Lipinski definition) is 2. The molecule has 1 atom stereocenters. The topological polar surface area (TPSA) is 77.2 Å². The Morgan fingerprint density at radius 3 is 2.50 bits per heavy atom. The van der Waals surface area contributed by atoms with E-state index in [-0.39, 0.29) is 6.61 Å². The van der Waals surface area contributed by atoms with Crippen LogP contribution in [-0.2, 0) is 15.9 Å². The molecule has 0 bridgehead atoms. The molecule has 1 heterocycles. The molecule has 0 radical (unpaired) electrons. The Morgan fingerprint density at radius 1 is 1.04 bits per heavy atom. The number of nitrogens with zero attached hydrogens (tertiary/aromatic N) is 1. The number of ether oxygens (including phenoxy) is 3. The maximum Gasteiger partial charge on any atom is 0.119 e. The summed E-state index contributed by atoms with van der Waals surface area (Å²) in [5.74, 6) is 0.871. The maximum atomic E-state index is 8.58. The minimum absolute atomic E-state index is 0.0472. The first kappa shape index (κ1) is 21.1. The fourth-order valence-corrected chi connectivity index (χ4v) is 3.16. The lowest BCUT2D eigenvalue weighted by Crippen LogP contribution is -2.43. The molecule has 0 saturated carbocycles. The minimum Gasteiger partial charge on any atom is -0.491 e. The molecular weight excluding hydrogens is 332 g/mol. The van der Waals surface area contributed by atoms with E-state index in [0.717, 1.165) is 25.3 Å². The summed E-state index contributed by atoms with van der Waals surface area (Å²) in [6.07, 6.45) is 4.65. The monoisotopic (exact) mass is 366 g/mol. The molecule has 0 aromatic heterocycles. The fraction of sp³-hybridized carbons (Fsp3) is 0.700. The van der Waals surface area contributed by atoms with Crippen molar-refractivity contribution in [2.45, 2.75) is 31.7 Å². The van der Waals surface area contributed by atoms with Crippen molar-refractivity contribution in [3.8, 4) is 5.75 Å². The molecule has 1 aliphatic rings. The van der Waals surface area contributed by atoms with Crippen molar-refractivity contribution in [2.75, 3.05) is 59.3 Å². The molecule has 3 N–H and O–H groups in total. The van der Waals surface area contributed by atoms with Crippen LogP contribution in [0.15, 0.2) is 24.3 Å². The Labute approximate surface area is 157 Å². The summed E-state index contributed by atoms with van der Waals surface area (Å²) >= 11 is 0. The summed E-state index contributed by atoms with van der Waals surface area (Å²) in [6, 6.07) is 8.69. The lowest BCUT2D eigenvalue weighted by Gasteiger charge is -2.30. The van der Waals surface area contributed by atoms with Crippen LogP contribution < -0.4 is 10.5 Å². The van der Waals surface area contributed by atoms with Crippen LogP contribution in [0, 0.1) is 0 Å². The SMILES string of the molecule is NC1CCCN(CCCc2ccc(OCCOCCOCCO)cc2)C1. The zero-order valence-corrected chi connectivity index (χ0v) is 15.8. The number of aliphatic hydroxyl groups is 1. The molecule has 6 nitrogen and oxygen atoms in total. The van der Waals surface area contributed by atoms with Gasteiger partial charge in [-0.2, -0.15) is 0 Å². The fourth-order valence-electron chi connectivity index (χ4n) is 3.16. The number of aliphatic hydroxyl groups excluding tert-OH is 1. The normalized spacial score (nSPS) is 18.2.